The van der Waals surface area contributed by atoms with E-state index in [4.69, 9.17) is 15.0 Å². The van der Waals surface area contributed by atoms with E-state index in [1.807, 2.05) is 84.9 Å². The minimum atomic E-state index is 0.549. The fourth-order valence-corrected chi connectivity index (χ4v) is 8.47. The summed E-state index contributed by atoms with van der Waals surface area (Å²) >= 11 is 0. The minimum Gasteiger partial charge on any atom is -0.309 e. The average molecular weight is 741 g/mol. The fraction of sp³-hybridized carbons (Fsp3) is 0. The van der Waals surface area contributed by atoms with E-state index in [9.17, 15) is 5.26 Å². The number of hydrogen-bond donors (Lipinski definition) is 0. The predicted octanol–water partition coefficient (Wildman–Crippen LogP) is 12.6. The summed E-state index contributed by atoms with van der Waals surface area (Å²) in [6.45, 7) is 0. The van der Waals surface area contributed by atoms with E-state index in [0.717, 1.165) is 66.6 Å². The van der Waals surface area contributed by atoms with Gasteiger partial charge in [0.1, 0.15) is 0 Å². The summed E-state index contributed by atoms with van der Waals surface area (Å²) in [5.74, 6) is 1.73. The van der Waals surface area contributed by atoms with Crippen molar-refractivity contribution >= 4 is 43.6 Å². The smallest absolute Gasteiger partial charge is 0.164 e. The maximum absolute atomic E-state index is 10.5. The summed E-state index contributed by atoms with van der Waals surface area (Å²) < 4.78 is 4.71. The molecule has 8 aromatic carbocycles. The molecule has 6 heteroatoms. The number of nitriles is 1. The predicted molar refractivity (Wildman–Crippen MR) is 235 cm³/mol. The lowest BCUT2D eigenvalue weighted by molar-refractivity contribution is 1.07. The summed E-state index contributed by atoms with van der Waals surface area (Å²) in [5.41, 5.74) is 11.4. The van der Waals surface area contributed by atoms with Crippen molar-refractivity contribution in [2.24, 2.45) is 0 Å². The van der Waals surface area contributed by atoms with Gasteiger partial charge in [0.2, 0.25) is 0 Å². The van der Waals surface area contributed by atoms with E-state index < -0.39 is 0 Å². The van der Waals surface area contributed by atoms with Crippen molar-refractivity contribution in [1.29, 1.82) is 5.26 Å². The number of benzene rings is 8. The number of para-hydroxylation sites is 3. The third-order valence-corrected chi connectivity index (χ3v) is 11.0. The maximum atomic E-state index is 10.5. The molecule has 3 heterocycles. The van der Waals surface area contributed by atoms with Crippen molar-refractivity contribution in [2.75, 3.05) is 0 Å². The molecule has 0 aliphatic heterocycles. The van der Waals surface area contributed by atoms with Gasteiger partial charge in [-0.15, -0.1) is 0 Å². The first-order valence-electron chi connectivity index (χ1n) is 19.3. The van der Waals surface area contributed by atoms with Crippen LogP contribution in [0.3, 0.4) is 0 Å². The van der Waals surface area contributed by atoms with Crippen molar-refractivity contribution in [3.63, 3.8) is 0 Å². The van der Waals surface area contributed by atoms with Gasteiger partial charge in [-0.3, -0.25) is 0 Å². The van der Waals surface area contributed by atoms with Crippen molar-refractivity contribution in [2.45, 2.75) is 0 Å². The molecule has 0 atom stereocenters. The summed E-state index contributed by atoms with van der Waals surface area (Å²) in [4.78, 5) is 15.1. The van der Waals surface area contributed by atoms with E-state index in [1.54, 1.807) is 0 Å². The molecule has 0 spiro atoms. The van der Waals surface area contributed by atoms with Crippen LogP contribution in [0, 0.1) is 11.3 Å². The summed E-state index contributed by atoms with van der Waals surface area (Å²) in [5, 5.41) is 15.2. The van der Waals surface area contributed by atoms with E-state index in [-0.39, 0.29) is 0 Å². The second-order valence-corrected chi connectivity index (χ2v) is 14.3. The molecule has 0 N–H and O–H groups in total. The molecule has 0 amide bonds. The molecule has 270 valence electrons. The SMILES string of the molecule is N#Cc1ccccc1-c1cc(-c2nc(-c3ccccc3)nc(-c3ccccc3)n2)ccc1-n1c2ccccc2c2c3c4ccccc4n(-c4ccccc4)c3ccc21. The van der Waals surface area contributed by atoms with Crippen LogP contribution in [0.1, 0.15) is 5.56 Å². The maximum Gasteiger partial charge on any atom is 0.164 e. The van der Waals surface area contributed by atoms with Crippen LogP contribution < -0.4 is 0 Å². The third kappa shape index (κ3) is 5.30. The summed E-state index contributed by atoms with van der Waals surface area (Å²) in [7, 11) is 0. The topological polar surface area (TPSA) is 72.3 Å². The molecule has 58 heavy (non-hydrogen) atoms. The Kier molecular flexibility index (Phi) is 7.76. The van der Waals surface area contributed by atoms with Crippen LogP contribution in [0.2, 0.25) is 0 Å². The highest BCUT2D eigenvalue weighted by Crippen LogP contribution is 2.44. The van der Waals surface area contributed by atoms with Crippen LogP contribution in [0.4, 0.5) is 0 Å². The second-order valence-electron chi connectivity index (χ2n) is 14.3. The van der Waals surface area contributed by atoms with Gasteiger partial charge >= 0.3 is 0 Å². The number of rotatable bonds is 6. The Balaban J connectivity index is 1.21. The molecule has 0 aliphatic rings. The Morgan fingerprint density at radius 1 is 0.379 bits per heavy atom. The number of hydrogen-bond acceptors (Lipinski definition) is 4. The lowest BCUT2D eigenvalue weighted by Crippen LogP contribution is -2.02. The Morgan fingerprint density at radius 2 is 0.862 bits per heavy atom. The quantitative estimate of drug-likeness (QED) is 0.170. The molecule has 0 bridgehead atoms. The molecule has 11 rings (SSSR count). The Morgan fingerprint density at radius 3 is 1.47 bits per heavy atom. The largest absolute Gasteiger partial charge is 0.309 e. The van der Waals surface area contributed by atoms with E-state index in [1.165, 1.54) is 16.2 Å². The summed E-state index contributed by atoms with van der Waals surface area (Å²) in [6, 6.07) is 69.0. The normalized spacial score (nSPS) is 11.4. The van der Waals surface area contributed by atoms with Gasteiger partial charge < -0.3 is 9.13 Å². The van der Waals surface area contributed by atoms with E-state index in [0.29, 0.717) is 23.0 Å². The zero-order valence-corrected chi connectivity index (χ0v) is 31.2. The Hall–Kier alpha value is -8.14. The molecule has 0 aliphatic carbocycles. The van der Waals surface area contributed by atoms with Crippen LogP contribution in [-0.4, -0.2) is 24.1 Å². The molecule has 0 fully saturated rings. The lowest BCUT2D eigenvalue weighted by atomic mass is 9.96. The molecule has 0 radical (unpaired) electrons. The molecule has 0 unspecified atom stereocenters. The highest BCUT2D eigenvalue weighted by atomic mass is 15.0. The standard InChI is InChI=1S/C52H32N6/c53-33-37-20-10-11-23-39(37)42-32-36(52-55-50(34-16-4-1-5-17-34)54-51(56-52)35-18-6-2-7-19-35)28-29-45(42)58-44-27-15-13-25-41(44)49-47(58)31-30-46-48(49)40-24-12-14-26-43(40)57(46)38-21-8-3-9-22-38/h1-32H. The van der Waals surface area contributed by atoms with Crippen molar-refractivity contribution in [3.8, 4) is 62.7 Å². The molecule has 6 nitrogen and oxygen atoms in total. The van der Waals surface area contributed by atoms with Gasteiger partial charge in [0.25, 0.3) is 0 Å². The van der Waals surface area contributed by atoms with Gasteiger partial charge in [0.05, 0.1) is 39.4 Å². The van der Waals surface area contributed by atoms with Gasteiger partial charge in [-0.25, -0.2) is 15.0 Å². The first-order valence-corrected chi connectivity index (χ1v) is 19.3. The van der Waals surface area contributed by atoms with Gasteiger partial charge in [-0.2, -0.15) is 5.26 Å². The molecule has 3 aromatic heterocycles. The third-order valence-electron chi connectivity index (χ3n) is 11.0. The highest BCUT2D eigenvalue weighted by molar-refractivity contribution is 6.29. The summed E-state index contributed by atoms with van der Waals surface area (Å²) in [6.07, 6.45) is 0. The Labute approximate surface area is 334 Å². The van der Waals surface area contributed by atoms with Gasteiger partial charge in [0.15, 0.2) is 17.5 Å². The average Bonchev–Trinajstić information content (AvgIpc) is 3.82. The van der Waals surface area contributed by atoms with Crippen LogP contribution in [0.15, 0.2) is 194 Å². The first-order chi connectivity index (χ1) is 28.7. The molecule has 0 saturated carbocycles. The zero-order valence-electron chi connectivity index (χ0n) is 31.2. The van der Waals surface area contributed by atoms with Crippen LogP contribution >= 0.6 is 0 Å². The van der Waals surface area contributed by atoms with E-state index >= 15 is 0 Å². The first kappa shape index (κ1) is 33.2. The Bertz CT molecular complexity index is 3340. The molecule has 0 saturated heterocycles. The van der Waals surface area contributed by atoms with Crippen LogP contribution in [-0.2, 0) is 0 Å². The lowest BCUT2D eigenvalue weighted by Gasteiger charge is -2.17. The monoisotopic (exact) mass is 740 g/mol. The fourth-order valence-electron chi connectivity index (χ4n) is 8.47. The van der Waals surface area contributed by atoms with Gasteiger partial charge in [-0.05, 0) is 60.7 Å². The second kappa shape index (κ2) is 13.6. The van der Waals surface area contributed by atoms with E-state index in [2.05, 4.69) is 124 Å². The molecular formula is C52H32N6. The molecular weight excluding hydrogens is 709 g/mol. The van der Waals surface area contributed by atoms with Crippen LogP contribution in [0.25, 0.3) is 100 Å². The van der Waals surface area contributed by atoms with Gasteiger partial charge in [0, 0.05) is 55.0 Å². The van der Waals surface area contributed by atoms with Crippen molar-refractivity contribution < 1.29 is 0 Å². The number of aromatic nitrogens is 5. The van der Waals surface area contributed by atoms with Crippen molar-refractivity contribution in [3.05, 3.63) is 200 Å². The minimum absolute atomic E-state index is 0.549. The highest BCUT2D eigenvalue weighted by Gasteiger charge is 2.23. The van der Waals surface area contributed by atoms with Crippen LogP contribution in [0.5, 0.6) is 0 Å². The number of nitrogens with zero attached hydrogens (tertiary/aromatic N) is 6. The zero-order chi connectivity index (χ0) is 38.6. The van der Waals surface area contributed by atoms with Crippen molar-refractivity contribution in [1.82, 2.24) is 24.1 Å². The molecule has 11 aromatic rings. The van der Waals surface area contributed by atoms with Gasteiger partial charge in [-0.1, -0.05) is 133 Å². The number of fused-ring (bicyclic) bond motifs is 7.